The molecule has 102 valence electrons. The van der Waals surface area contributed by atoms with Gasteiger partial charge in [0.05, 0.1) is 15.5 Å². The highest BCUT2D eigenvalue weighted by Crippen LogP contribution is 2.21. The largest absolute Gasteiger partial charge is 0.322 e. The van der Waals surface area contributed by atoms with Crippen LogP contribution in [0.5, 0.6) is 0 Å². The summed E-state index contributed by atoms with van der Waals surface area (Å²) < 4.78 is 0. The van der Waals surface area contributed by atoms with E-state index >= 15 is 0 Å². The molecule has 0 atom stereocenters. The molecule has 0 fully saturated rings. The number of halogens is 2. The van der Waals surface area contributed by atoms with Crippen molar-refractivity contribution in [3.63, 3.8) is 0 Å². The summed E-state index contributed by atoms with van der Waals surface area (Å²) in [7, 11) is 0. The Morgan fingerprint density at radius 2 is 2.05 bits per heavy atom. The lowest BCUT2D eigenvalue weighted by Crippen LogP contribution is -2.12. The first-order valence-corrected chi connectivity index (χ1v) is 6.10. The monoisotopic (exact) mass is 311 g/mol. The van der Waals surface area contributed by atoms with Crippen LogP contribution in [-0.4, -0.2) is 15.8 Å². The number of pyridine rings is 1. The summed E-state index contributed by atoms with van der Waals surface area (Å²) in [5.74, 6) is -0.528. The summed E-state index contributed by atoms with van der Waals surface area (Å²) >= 11 is 11.5. The van der Waals surface area contributed by atoms with Crippen LogP contribution in [0.15, 0.2) is 36.5 Å². The zero-order chi connectivity index (χ0) is 14.7. The van der Waals surface area contributed by atoms with Gasteiger partial charge in [-0.2, -0.15) is 0 Å². The zero-order valence-electron chi connectivity index (χ0n) is 9.84. The molecule has 8 heteroatoms. The summed E-state index contributed by atoms with van der Waals surface area (Å²) in [4.78, 5) is 25.9. The number of rotatable bonds is 3. The van der Waals surface area contributed by atoms with Gasteiger partial charge in [-0.15, -0.1) is 0 Å². The predicted octanol–water partition coefficient (Wildman–Crippen LogP) is 3.55. The maximum Gasteiger partial charge on any atom is 0.271 e. The second-order valence-corrected chi connectivity index (χ2v) is 4.54. The number of nitro benzene ring substituents is 1. The number of amides is 1. The van der Waals surface area contributed by atoms with Crippen LogP contribution < -0.4 is 5.32 Å². The predicted molar refractivity (Wildman–Crippen MR) is 75.3 cm³/mol. The molecule has 0 spiro atoms. The van der Waals surface area contributed by atoms with Gasteiger partial charge < -0.3 is 5.32 Å². The van der Waals surface area contributed by atoms with Crippen LogP contribution >= 0.6 is 23.2 Å². The number of hydrogen-bond donors (Lipinski definition) is 1. The van der Waals surface area contributed by atoms with Crippen molar-refractivity contribution in [1.82, 2.24) is 4.98 Å². The summed E-state index contributed by atoms with van der Waals surface area (Å²) in [5.41, 5.74) is 0.299. The first kappa shape index (κ1) is 14.2. The van der Waals surface area contributed by atoms with E-state index in [1.807, 2.05) is 0 Å². The number of carbonyl (C=O) groups is 1. The minimum Gasteiger partial charge on any atom is -0.322 e. The van der Waals surface area contributed by atoms with Gasteiger partial charge in [-0.05, 0) is 12.1 Å². The molecular formula is C12H7Cl2N3O3. The van der Waals surface area contributed by atoms with Gasteiger partial charge in [0.25, 0.3) is 11.6 Å². The molecule has 2 rings (SSSR count). The number of non-ortho nitro benzene ring substituents is 1. The molecule has 6 nitrogen and oxygen atoms in total. The van der Waals surface area contributed by atoms with E-state index in [9.17, 15) is 14.9 Å². The van der Waals surface area contributed by atoms with E-state index < -0.39 is 10.8 Å². The molecular weight excluding hydrogens is 305 g/mol. The Hall–Kier alpha value is -2.18. The van der Waals surface area contributed by atoms with Crippen LogP contribution in [0.3, 0.4) is 0 Å². The molecule has 0 aliphatic heterocycles. The molecule has 2 aromatic rings. The van der Waals surface area contributed by atoms with Gasteiger partial charge >= 0.3 is 0 Å². The molecule has 0 unspecified atom stereocenters. The number of benzene rings is 1. The third-order valence-electron chi connectivity index (χ3n) is 2.38. The highest BCUT2D eigenvalue weighted by Gasteiger charge is 2.13. The van der Waals surface area contributed by atoms with Crippen LogP contribution in [0.2, 0.25) is 10.2 Å². The molecule has 20 heavy (non-hydrogen) atoms. The first-order chi connectivity index (χ1) is 9.47. The van der Waals surface area contributed by atoms with Crippen molar-refractivity contribution >= 4 is 40.5 Å². The highest BCUT2D eigenvalue weighted by atomic mass is 35.5. The number of carbonyl (C=O) groups excluding carboxylic acids is 1. The third-order valence-corrected chi connectivity index (χ3v) is 2.89. The van der Waals surface area contributed by atoms with Gasteiger partial charge in [0.1, 0.15) is 5.15 Å². The molecule has 0 saturated carbocycles. The minimum absolute atomic E-state index is 0.123. The molecule has 1 aromatic carbocycles. The van der Waals surface area contributed by atoms with Crippen LogP contribution in [0.25, 0.3) is 0 Å². The van der Waals surface area contributed by atoms with Gasteiger partial charge in [-0.3, -0.25) is 14.9 Å². The summed E-state index contributed by atoms with van der Waals surface area (Å²) in [6, 6.07) is 6.88. The number of anilines is 1. The van der Waals surface area contributed by atoms with Gasteiger partial charge in [0.2, 0.25) is 0 Å². The van der Waals surface area contributed by atoms with E-state index in [0.717, 1.165) is 0 Å². The van der Waals surface area contributed by atoms with Crippen molar-refractivity contribution in [2.45, 2.75) is 0 Å². The van der Waals surface area contributed by atoms with Gasteiger partial charge in [0.15, 0.2) is 0 Å². The fraction of sp³-hybridized carbons (Fsp3) is 0. The lowest BCUT2D eigenvalue weighted by Gasteiger charge is -2.06. The molecule has 1 amide bonds. The Morgan fingerprint density at radius 3 is 2.75 bits per heavy atom. The van der Waals surface area contributed by atoms with Gasteiger partial charge in [-0.25, -0.2) is 4.98 Å². The Kier molecular flexibility index (Phi) is 4.16. The van der Waals surface area contributed by atoms with Gasteiger partial charge in [-0.1, -0.05) is 29.3 Å². The Balaban J connectivity index is 2.25. The summed E-state index contributed by atoms with van der Waals surface area (Å²) in [6.07, 6.45) is 1.26. The Bertz CT molecular complexity index is 691. The number of aromatic nitrogens is 1. The quantitative estimate of drug-likeness (QED) is 0.533. The second kappa shape index (κ2) is 5.85. The zero-order valence-corrected chi connectivity index (χ0v) is 11.4. The lowest BCUT2D eigenvalue weighted by atomic mass is 10.2. The molecule has 0 radical (unpaired) electrons. The number of nitro groups is 1. The van der Waals surface area contributed by atoms with E-state index in [2.05, 4.69) is 10.3 Å². The third kappa shape index (κ3) is 3.23. The molecule has 0 saturated heterocycles. The van der Waals surface area contributed by atoms with E-state index in [-0.39, 0.29) is 27.1 Å². The SMILES string of the molecule is O=C(Nc1cccc([N+](=O)[O-])c1)c1cc(Cl)ncc1Cl. The number of hydrogen-bond acceptors (Lipinski definition) is 4. The summed E-state index contributed by atoms with van der Waals surface area (Å²) in [6.45, 7) is 0. The minimum atomic E-state index is -0.550. The standard InChI is InChI=1S/C12H7Cl2N3O3/c13-10-6-15-11(14)5-9(10)12(18)16-7-2-1-3-8(4-7)17(19)20/h1-6H,(H,16,18). The molecule has 0 aliphatic carbocycles. The molecule has 1 N–H and O–H groups in total. The van der Waals surface area contributed by atoms with Crippen LogP contribution in [0.4, 0.5) is 11.4 Å². The molecule has 1 aromatic heterocycles. The first-order valence-electron chi connectivity index (χ1n) is 5.34. The fourth-order valence-corrected chi connectivity index (χ4v) is 1.83. The van der Waals surface area contributed by atoms with E-state index in [1.165, 1.54) is 36.5 Å². The molecule has 1 heterocycles. The van der Waals surface area contributed by atoms with Crippen LogP contribution in [-0.2, 0) is 0 Å². The lowest BCUT2D eigenvalue weighted by molar-refractivity contribution is -0.384. The van der Waals surface area contributed by atoms with Crippen molar-refractivity contribution in [3.05, 3.63) is 62.4 Å². The normalized spacial score (nSPS) is 10.1. The average molecular weight is 312 g/mol. The average Bonchev–Trinajstić information content (AvgIpc) is 2.41. The number of nitrogens with zero attached hydrogens (tertiary/aromatic N) is 2. The van der Waals surface area contributed by atoms with Crippen LogP contribution in [0, 0.1) is 10.1 Å². The van der Waals surface area contributed by atoms with E-state index in [0.29, 0.717) is 0 Å². The van der Waals surface area contributed by atoms with Crippen molar-refractivity contribution in [1.29, 1.82) is 0 Å². The Labute approximate surface area is 123 Å². The van der Waals surface area contributed by atoms with Gasteiger partial charge in [0, 0.05) is 24.0 Å². The molecule has 0 bridgehead atoms. The summed E-state index contributed by atoms with van der Waals surface area (Å²) in [5, 5.41) is 13.4. The van der Waals surface area contributed by atoms with Crippen molar-refractivity contribution in [2.75, 3.05) is 5.32 Å². The second-order valence-electron chi connectivity index (χ2n) is 3.75. The van der Waals surface area contributed by atoms with Crippen LogP contribution in [0.1, 0.15) is 10.4 Å². The maximum absolute atomic E-state index is 12.0. The van der Waals surface area contributed by atoms with E-state index in [4.69, 9.17) is 23.2 Å². The van der Waals surface area contributed by atoms with Crippen molar-refractivity contribution in [3.8, 4) is 0 Å². The maximum atomic E-state index is 12.0. The highest BCUT2D eigenvalue weighted by molar-refractivity contribution is 6.35. The van der Waals surface area contributed by atoms with E-state index in [1.54, 1.807) is 0 Å². The number of nitrogens with one attached hydrogen (secondary N) is 1. The Morgan fingerprint density at radius 1 is 1.30 bits per heavy atom. The fourth-order valence-electron chi connectivity index (χ4n) is 1.48. The van der Waals surface area contributed by atoms with Crippen molar-refractivity contribution < 1.29 is 9.72 Å². The van der Waals surface area contributed by atoms with Crippen molar-refractivity contribution in [2.24, 2.45) is 0 Å². The molecule has 0 aliphatic rings. The topological polar surface area (TPSA) is 85.1 Å². The smallest absolute Gasteiger partial charge is 0.271 e.